The molecular weight excluding hydrogens is 362 g/mol. The van der Waals surface area contributed by atoms with E-state index in [1.165, 1.54) is 12.5 Å². The van der Waals surface area contributed by atoms with Crippen molar-refractivity contribution in [2.75, 3.05) is 11.1 Å². The maximum absolute atomic E-state index is 11.9. The Labute approximate surface area is 142 Å². The number of hydrogen-bond acceptors (Lipinski definition) is 3. The van der Waals surface area contributed by atoms with Crippen molar-refractivity contribution in [2.45, 2.75) is 12.7 Å². The molecular formula is C17H16BrNO2S. The summed E-state index contributed by atoms with van der Waals surface area (Å²) in [6.07, 6.45) is 0. The zero-order valence-corrected chi connectivity index (χ0v) is 14.5. The first-order valence-corrected chi connectivity index (χ1v) is 8.73. The summed E-state index contributed by atoms with van der Waals surface area (Å²) in [4.78, 5) is 23.3. The van der Waals surface area contributed by atoms with Crippen LogP contribution in [0.2, 0.25) is 0 Å². The zero-order chi connectivity index (χ0) is 15.9. The number of rotatable bonds is 6. The molecule has 0 aliphatic heterocycles. The number of anilines is 1. The molecule has 2 aromatic carbocycles. The largest absolute Gasteiger partial charge is 0.325 e. The van der Waals surface area contributed by atoms with Crippen LogP contribution < -0.4 is 5.32 Å². The maximum Gasteiger partial charge on any atom is 0.234 e. The van der Waals surface area contributed by atoms with Crippen molar-refractivity contribution in [3.05, 3.63) is 64.1 Å². The van der Waals surface area contributed by atoms with Crippen LogP contribution in [-0.4, -0.2) is 17.4 Å². The molecule has 2 aromatic rings. The average Bonchev–Trinajstić information content (AvgIpc) is 2.49. The van der Waals surface area contributed by atoms with Gasteiger partial charge in [-0.25, -0.2) is 0 Å². The molecule has 1 N–H and O–H groups in total. The Morgan fingerprint density at radius 2 is 1.91 bits per heavy atom. The first kappa shape index (κ1) is 16.8. The Balaban J connectivity index is 1.84. The van der Waals surface area contributed by atoms with Crippen molar-refractivity contribution in [2.24, 2.45) is 0 Å². The monoisotopic (exact) mass is 377 g/mol. The molecule has 114 valence electrons. The van der Waals surface area contributed by atoms with Gasteiger partial charge in [-0.2, -0.15) is 0 Å². The van der Waals surface area contributed by atoms with Gasteiger partial charge in [0.2, 0.25) is 5.91 Å². The summed E-state index contributed by atoms with van der Waals surface area (Å²) < 4.78 is 1.05. The summed E-state index contributed by atoms with van der Waals surface area (Å²) in [6, 6.07) is 14.9. The third kappa shape index (κ3) is 5.00. The minimum absolute atomic E-state index is 0.0144. The number of benzene rings is 2. The number of carbonyl (C=O) groups is 2. The highest BCUT2D eigenvalue weighted by Crippen LogP contribution is 2.21. The summed E-state index contributed by atoms with van der Waals surface area (Å²) in [5, 5.41) is 2.81. The van der Waals surface area contributed by atoms with Gasteiger partial charge in [0, 0.05) is 21.5 Å². The summed E-state index contributed by atoms with van der Waals surface area (Å²) >= 11 is 5.04. The van der Waals surface area contributed by atoms with Crippen LogP contribution in [-0.2, 0) is 10.5 Å². The van der Waals surface area contributed by atoms with Gasteiger partial charge in [0.25, 0.3) is 0 Å². The number of ketones is 1. The highest BCUT2D eigenvalue weighted by atomic mass is 79.9. The second kappa shape index (κ2) is 8.15. The predicted molar refractivity (Wildman–Crippen MR) is 95.4 cm³/mol. The molecule has 2 rings (SSSR count). The fourth-order valence-electron chi connectivity index (χ4n) is 1.88. The maximum atomic E-state index is 11.9. The van der Waals surface area contributed by atoms with Crippen molar-refractivity contribution in [1.82, 2.24) is 0 Å². The highest BCUT2D eigenvalue weighted by molar-refractivity contribution is 9.10. The van der Waals surface area contributed by atoms with Crippen LogP contribution in [0.1, 0.15) is 22.8 Å². The van der Waals surface area contributed by atoms with E-state index in [1.54, 1.807) is 36.0 Å². The molecule has 0 aliphatic rings. The molecule has 0 bridgehead atoms. The van der Waals surface area contributed by atoms with Gasteiger partial charge in [0.15, 0.2) is 5.78 Å². The molecule has 0 radical (unpaired) electrons. The summed E-state index contributed by atoms with van der Waals surface area (Å²) in [7, 11) is 0. The second-order valence-electron chi connectivity index (χ2n) is 4.77. The van der Waals surface area contributed by atoms with E-state index in [2.05, 4.69) is 21.2 Å². The minimum atomic E-state index is -0.0715. The minimum Gasteiger partial charge on any atom is -0.325 e. The van der Waals surface area contributed by atoms with E-state index in [9.17, 15) is 9.59 Å². The molecule has 22 heavy (non-hydrogen) atoms. The third-order valence-corrected chi connectivity index (χ3v) is 4.76. The van der Waals surface area contributed by atoms with Crippen molar-refractivity contribution in [3.8, 4) is 0 Å². The number of Topliss-reactive ketones (excluding diaryl/α,β-unsaturated/α-hetero) is 1. The van der Waals surface area contributed by atoms with E-state index in [-0.39, 0.29) is 11.7 Å². The fraction of sp³-hybridized carbons (Fsp3) is 0.176. The van der Waals surface area contributed by atoms with E-state index < -0.39 is 0 Å². The Kier molecular flexibility index (Phi) is 6.21. The van der Waals surface area contributed by atoms with E-state index >= 15 is 0 Å². The van der Waals surface area contributed by atoms with Gasteiger partial charge in [0.05, 0.1) is 5.75 Å². The van der Waals surface area contributed by atoms with Gasteiger partial charge < -0.3 is 5.32 Å². The van der Waals surface area contributed by atoms with Gasteiger partial charge in [-0.15, -0.1) is 11.8 Å². The number of amides is 1. The zero-order valence-electron chi connectivity index (χ0n) is 12.1. The van der Waals surface area contributed by atoms with Crippen LogP contribution in [0.4, 0.5) is 5.69 Å². The lowest BCUT2D eigenvalue weighted by Gasteiger charge is -2.07. The van der Waals surface area contributed by atoms with Crippen LogP contribution in [0.25, 0.3) is 0 Å². The van der Waals surface area contributed by atoms with Crippen LogP contribution in [0.3, 0.4) is 0 Å². The number of nitrogens with one attached hydrogen (secondary N) is 1. The van der Waals surface area contributed by atoms with Crippen LogP contribution in [0, 0.1) is 0 Å². The topological polar surface area (TPSA) is 46.2 Å². The lowest BCUT2D eigenvalue weighted by Crippen LogP contribution is -2.14. The van der Waals surface area contributed by atoms with Gasteiger partial charge in [-0.3, -0.25) is 9.59 Å². The molecule has 0 aromatic heterocycles. The Hall–Kier alpha value is -1.59. The summed E-state index contributed by atoms with van der Waals surface area (Å²) in [5.41, 5.74) is 2.41. The Bertz CT molecular complexity index is 688. The quantitative estimate of drug-likeness (QED) is 0.752. The molecule has 0 unspecified atom stereocenters. The number of hydrogen-bond donors (Lipinski definition) is 1. The van der Waals surface area contributed by atoms with Gasteiger partial charge in [-0.1, -0.05) is 46.3 Å². The predicted octanol–water partition coefficient (Wildman–Crippen LogP) is 4.52. The molecule has 5 heteroatoms. The van der Waals surface area contributed by atoms with Crippen molar-refractivity contribution in [1.29, 1.82) is 0 Å². The molecule has 0 atom stereocenters. The van der Waals surface area contributed by atoms with Gasteiger partial charge in [0.1, 0.15) is 0 Å². The molecule has 0 saturated heterocycles. The Morgan fingerprint density at radius 3 is 2.64 bits per heavy atom. The Morgan fingerprint density at radius 1 is 1.14 bits per heavy atom. The van der Waals surface area contributed by atoms with E-state index in [1.807, 2.05) is 24.3 Å². The SMILES string of the molecule is CC(=O)c1cccc(NC(=O)CSCc2ccccc2Br)c1. The molecule has 0 heterocycles. The molecule has 3 nitrogen and oxygen atoms in total. The second-order valence-corrected chi connectivity index (χ2v) is 6.61. The average molecular weight is 378 g/mol. The molecule has 0 saturated carbocycles. The number of carbonyl (C=O) groups excluding carboxylic acids is 2. The van der Waals surface area contributed by atoms with E-state index in [0.717, 1.165) is 10.2 Å². The highest BCUT2D eigenvalue weighted by Gasteiger charge is 2.06. The van der Waals surface area contributed by atoms with Crippen LogP contribution in [0.5, 0.6) is 0 Å². The number of thioether (sulfide) groups is 1. The number of halogens is 1. The summed E-state index contributed by atoms with van der Waals surface area (Å²) in [5.74, 6) is 1.05. The van der Waals surface area contributed by atoms with Crippen LogP contribution >= 0.6 is 27.7 Å². The lowest BCUT2D eigenvalue weighted by molar-refractivity contribution is -0.113. The molecule has 1 amide bonds. The van der Waals surface area contributed by atoms with Crippen molar-refractivity contribution < 1.29 is 9.59 Å². The summed E-state index contributed by atoms with van der Waals surface area (Å²) in [6.45, 7) is 1.51. The standard InChI is InChI=1S/C17H16BrNO2S/c1-12(20)13-6-4-7-15(9-13)19-17(21)11-22-10-14-5-2-3-8-16(14)18/h2-9H,10-11H2,1H3,(H,19,21). The fourth-order valence-corrected chi connectivity index (χ4v) is 3.32. The van der Waals surface area contributed by atoms with Gasteiger partial charge in [-0.05, 0) is 30.7 Å². The van der Waals surface area contributed by atoms with Crippen molar-refractivity contribution >= 4 is 45.1 Å². The van der Waals surface area contributed by atoms with E-state index in [4.69, 9.17) is 0 Å². The smallest absolute Gasteiger partial charge is 0.234 e. The molecule has 0 spiro atoms. The third-order valence-electron chi connectivity index (χ3n) is 3.00. The molecule has 0 fully saturated rings. The lowest BCUT2D eigenvalue weighted by atomic mass is 10.1. The van der Waals surface area contributed by atoms with Crippen LogP contribution in [0.15, 0.2) is 53.0 Å². The first-order chi connectivity index (χ1) is 10.6. The van der Waals surface area contributed by atoms with E-state index in [0.29, 0.717) is 17.0 Å². The normalized spacial score (nSPS) is 10.3. The van der Waals surface area contributed by atoms with Gasteiger partial charge >= 0.3 is 0 Å². The first-order valence-electron chi connectivity index (χ1n) is 6.78. The molecule has 0 aliphatic carbocycles. The van der Waals surface area contributed by atoms with Crippen molar-refractivity contribution in [3.63, 3.8) is 0 Å².